The molecular formula is C97H167N5O13S. The number of nitrogens with zero attached hydrogens (tertiary/aromatic N) is 3. The van der Waals surface area contributed by atoms with Crippen molar-refractivity contribution in [3.63, 3.8) is 0 Å². The third-order valence-corrected chi connectivity index (χ3v) is 37.5. The Morgan fingerprint density at radius 1 is 0.422 bits per heavy atom. The highest BCUT2D eigenvalue weighted by atomic mass is 32.2. The lowest BCUT2D eigenvalue weighted by molar-refractivity contribution is -0.149. The average molecular weight is 1640 g/mol. The van der Waals surface area contributed by atoms with E-state index in [0.717, 1.165) is 110 Å². The number of nitrogens with two attached hydrogens (primary N) is 2. The highest BCUT2D eigenvalue weighted by Crippen LogP contribution is 2.70. The van der Waals surface area contributed by atoms with Crippen molar-refractivity contribution in [1.82, 2.24) is 0 Å². The van der Waals surface area contributed by atoms with E-state index in [4.69, 9.17) is 40.6 Å². The summed E-state index contributed by atoms with van der Waals surface area (Å²) in [6.07, 6.45) is 32.0. The minimum atomic E-state index is -3.51. The van der Waals surface area contributed by atoms with Gasteiger partial charge in [0.25, 0.3) is 16.1 Å². The first kappa shape index (κ1) is 97.8. The second kappa shape index (κ2) is 39.9. The van der Waals surface area contributed by atoms with Crippen molar-refractivity contribution in [2.24, 2.45) is 190 Å². The molecule has 0 amide bonds. The zero-order chi connectivity index (χ0) is 86.4. The molecule has 664 valence electrons. The molecule has 18 nitrogen and oxygen atoms in total. The van der Waals surface area contributed by atoms with Crippen LogP contribution in [-0.2, 0) is 38.2 Å². The monoisotopic (exact) mass is 1640 g/mol. The van der Waals surface area contributed by atoms with Crippen molar-refractivity contribution in [2.45, 2.75) is 310 Å². The van der Waals surface area contributed by atoms with Crippen LogP contribution in [0.1, 0.15) is 297 Å². The number of carbonyl (C=O) groups is 3. The topological polar surface area (TPSA) is 315 Å². The number of aliphatic carboxylic acids is 1. The minimum Gasteiger partial charge on any atom is -0.481 e. The summed E-state index contributed by atoms with van der Waals surface area (Å²) in [6, 6.07) is 0. The van der Waals surface area contributed by atoms with Crippen LogP contribution in [0.3, 0.4) is 0 Å². The first-order valence-electron chi connectivity index (χ1n) is 46.1. The predicted molar refractivity (Wildman–Crippen MR) is 467 cm³/mol. The molecule has 32 atom stereocenters. The number of hydrogen-bond donors (Lipinski definition) is 7. The molecule has 9 N–H and O–H groups in total. The van der Waals surface area contributed by atoms with Gasteiger partial charge in [0.15, 0.2) is 0 Å². The minimum absolute atomic E-state index is 0.0100. The Labute approximate surface area is 703 Å². The number of carbonyl (C=O) groups excluding carboxylic acids is 2. The van der Waals surface area contributed by atoms with Gasteiger partial charge in [0.1, 0.15) is 0 Å². The Kier molecular flexibility index (Phi) is 33.6. The molecule has 19 heteroatoms. The third-order valence-electron chi connectivity index (χ3n) is 36.9. The standard InChI is InChI=1S/C26H44O5S.C25H41N3O2.2C22H39NO2.C2H4O2/c1-17(2)22-8-9-23-21(16-31-32(7,28)29)24(11-13-26(22,23)6)25(5)12-10-18(3)14-20(25)15-30-19(4)27;1-16(2)21-7-8-22-20(14-27-28-26)23(10-12-25(21,22)6)24(5)11-9-17(3)13-19(24)15-30-18(4)29;2*1-14(2)18-5-6-19-17(12-23)20(8-10-22(18,19)4)21(3)9-7-16(25)11-15(21)13-24;1-2(3)4/h18,20-24H,1,8-16H2,2-7H3;17,19-23H,1,7-15H2,2-6H3;2*15-20,24-25H,1,5-13,23H2,2-4H3;1H3,(H,3,4)/t18-,20+,21-,22+,23?,24?,25-,26+;17-,19+,20-,21+,22?,23?,24-,25+;2*15-,16+,17+,18-,19?,20?,21+,22-;/m0011./s1. The zero-order valence-corrected chi connectivity index (χ0v) is 76.9. The van der Waals surface area contributed by atoms with Gasteiger partial charge in [0, 0.05) is 45.4 Å². The number of esters is 2. The predicted octanol–water partition coefficient (Wildman–Crippen LogP) is 20.1. The van der Waals surface area contributed by atoms with Crippen LogP contribution < -0.4 is 11.5 Å². The van der Waals surface area contributed by atoms with Gasteiger partial charge in [-0.05, 0) is 387 Å². The smallest absolute Gasteiger partial charge is 0.302 e. The van der Waals surface area contributed by atoms with Crippen molar-refractivity contribution < 1.29 is 62.0 Å². The molecule has 0 aromatic heterocycles. The number of azide groups is 1. The number of fused-ring (bicyclic) bond motifs is 4. The van der Waals surface area contributed by atoms with Crippen LogP contribution >= 0.6 is 0 Å². The molecule has 116 heavy (non-hydrogen) atoms. The van der Waals surface area contributed by atoms with Crippen LogP contribution in [0.2, 0.25) is 0 Å². The summed E-state index contributed by atoms with van der Waals surface area (Å²) in [6.45, 7) is 57.7. The Hall–Kier alpha value is -3.65. The van der Waals surface area contributed by atoms with Crippen LogP contribution in [0.5, 0.6) is 0 Å². The van der Waals surface area contributed by atoms with E-state index in [1.54, 1.807) is 0 Å². The summed E-state index contributed by atoms with van der Waals surface area (Å²) < 4.78 is 40.5. The second-order valence-corrected chi connectivity index (χ2v) is 45.0. The van der Waals surface area contributed by atoms with E-state index in [2.05, 4.69) is 133 Å². The Morgan fingerprint density at radius 3 is 0.974 bits per heavy atom. The molecule has 0 aliphatic heterocycles. The van der Waals surface area contributed by atoms with Gasteiger partial charge in [-0.25, -0.2) is 0 Å². The Balaban J connectivity index is 0.000000191. The van der Waals surface area contributed by atoms with Gasteiger partial charge in [-0.1, -0.05) is 136 Å². The molecule has 0 radical (unpaired) electrons. The van der Waals surface area contributed by atoms with E-state index in [1.807, 2.05) is 0 Å². The van der Waals surface area contributed by atoms with Gasteiger partial charge in [0.05, 0.1) is 38.3 Å². The molecular weight excluding hydrogens is 1480 g/mol. The average Bonchev–Trinajstić information content (AvgIpc) is 1.51. The quantitative estimate of drug-likeness (QED) is 0.0140. The molecule has 12 fully saturated rings. The van der Waals surface area contributed by atoms with E-state index in [9.17, 15) is 38.4 Å². The van der Waals surface area contributed by atoms with E-state index >= 15 is 0 Å². The first-order valence-corrected chi connectivity index (χ1v) is 47.9. The highest BCUT2D eigenvalue weighted by molar-refractivity contribution is 7.86. The van der Waals surface area contributed by atoms with Crippen LogP contribution in [0.15, 0.2) is 53.7 Å². The Bertz CT molecular complexity index is 3440. The fourth-order valence-electron chi connectivity index (χ4n) is 30.7. The molecule has 0 saturated heterocycles. The van der Waals surface area contributed by atoms with E-state index in [1.165, 1.54) is 132 Å². The summed E-state index contributed by atoms with van der Waals surface area (Å²) in [5, 5.41) is 51.8. The molecule has 0 aromatic rings. The number of carboxylic acid groups (broad SMARTS) is 1. The number of allylic oxidation sites excluding steroid dienone is 4. The number of rotatable bonds is 21. The summed E-state index contributed by atoms with van der Waals surface area (Å²) >= 11 is 0. The largest absolute Gasteiger partial charge is 0.481 e. The maximum atomic E-state index is 12.0. The number of hydrogen-bond acceptors (Lipinski definition) is 15. The van der Waals surface area contributed by atoms with E-state index < -0.39 is 16.1 Å². The summed E-state index contributed by atoms with van der Waals surface area (Å²) in [5.74, 6) is 9.54. The van der Waals surface area contributed by atoms with Crippen LogP contribution in [-0.4, -0.2) is 123 Å². The van der Waals surface area contributed by atoms with E-state index in [0.29, 0.717) is 143 Å². The molecule has 0 spiro atoms. The van der Waals surface area contributed by atoms with Crippen LogP contribution in [0, 0.1) is 174 Å². The molecule has 12 rings (SSSR count). The number of aliphatic hydroxyl groups is 4. The van der Waals surface area contributed by atoms with Crippen LogP contribution in [0.4, 0.5) is 0 Å². The molecule has 0 aromatic carbocycles. The van der Waals surface area contributed by atoms with Gasteiger partial charge < -0.3 is 46.5 Å². The number of carboxylic acids is 1. The van der Waals surface area contributed by atoms with E-state index in [-0.39, 0.29) is 94.2 Å². The molecule has 12 saturated carbocycles. The van der Waals surface area contributed by atoms with Gasteiger partial charge in [-0.15, -0.1) is 0 Å². The normalized spacial score (nSPS) is 44.9. The molecule has 0 heterocycles. The summed E-state index contributed by atoms with van der Waals surface area (Å²) in [7, 11) is -3.51. The van der Waals surface area contributed by atoms with Gasteiger partial charge >= 0.3 is 11.9 Å². The lowest BCUT2D eigenvalue weighted by atomic mass is 9.48. The summed E-state index contributed by atoms with van der Waals surface area (Å²) in [5.41, 5.74) is 28.6. The van der Waals surface area contributed by atoms with Crippen molar-refractivity contribution in [1.29, 1.82) is 0 Å². The number of aliphatic hydroxyl groups excluding tert-OH is 4. The maximum Gasteiger partial charge on any atom is 0.302 e. The highest BCUT2D eigenvalue weighted by Gasteiger charge is 2.64. The van der Waals surface area contributed by atoms with Crippen molar-refractivity contribution in [2.75, 3.05) is 58.9 Å². The molecule has 0 bridgehead atoms. The molecule has 8 unspecified atom stereocenters. The van der Waals surface area contributed by atoms with Gasteiger partial charge in [-0.2, -0.15) is 8.42 Å². The fraction of sp³-hybridized carbons (Fsp3) is 0.887. The maximum absolute atomic E-state index is 12.0. The van der Waals surface area contributed by atoms with Gasteiger partial charge in [-0.3, -0.25) is 18.6 Å². The molecule has 12 aliphatic rings. The van der Waals surface area contributed by atoms with Crippen molar-refractivity contribution in [3.05, 3.63) is 59.1 Å². The number of ether oxygens (including phenoxy) is 2. The van der Waals surface area contributed by atoms with Crippen molar-refractivity contribution in [3.8, 4) is 0 Å². The summed E-state index contributed by atoms with van der Waals surface area (Å²) in [4.78, 5) is 35.3. The third kappa shape index (κ3) is 20.7. The fourth-order valence-corrected chi connectivity index (χ4v) is 31.1. The molecule has 12 aliphatic carbocycles. The lowest BCUT2D eigenvalue weighted by Gasteiger charge is -2.57. The lowest BCUT2D eigenvalue weighted by Crippen LogP contribution is -2.53. The Morgan fingerprint density at radius 2 is 0.690 bits per heavy atom. The zero-order valence-electron chi connectivity index (χ0n) is 76.0. The van der Waals surface area contributed by atoms with Gasteiger partial charge in [0.2, 0.25) is 0 Å². The van der Waals surface area contributed by atoms with Crippen LogP contribution in [0.25, 0.3) is 10.4 Å². The second-order valence-electron chi connectivity index (χ2n) is 43.4. The van der Waals surface area contributed by atoms with Crippen molar-refractivity contribution >= 4 is 28.0 Å². The first-order chi connectivity index (χ1) is 54.2. The SMILES string of the molecule is C=C(C)[C@H]1CCC2[C@H](CN)C([C@@]3(C)CC[C@H](O)C[C@@H]3CO)CC[C@@]21C.C=C(C)[C@H]1CCC2[C@H](CN)C([C@@]3(C)CC[C@H](O)C[C@@H]3CO)CC[C@@]21C.C=C(C)[C@H]1CCC2[C@H](CN=[N+]=[N-])C([C@@]3(C)CC[C@H](C)C[C@@H]3COC(C)=O)CC[C@@]21C.C=C(C)[C@H]1CCC2[C@H](COS(C)(=O)=O)C([C@@]3(C)CC[C@H](C)C[C@@H]3COC(C)=O)CC[C@@]21C.CC(=O)O.